The highest BCUT2D eigenvalue weighted by molar-refractivity contribution is 7.11. The fourth-order valence-corrected chi connectivity index (χ4v) is 3.36. The maximum absolute atomic E-state index is 12.2. The Labute approximate surface area is 144 Å². The molecule has 0 bridgehead atoms. The van der Waals surface area contributed by atoms with Gasteiger partial charge in [0.2, 0.25) is 5.91 Å². The van der Waals surface area contributed by atoms with Crippen molar-refractivity contribution in [3.8, 4) is 0 Å². The molecule has 5 nitrogen and oxygen atoms in total. The minimum atomic E-state index is -0.964. The van der Waals surface area contributed by atoms with Gasteiger partial charge in [-0.15, -0.1) is 11.3 Å². The number of amides is 1. The first kappa shape index (κ1) is 16.4. The van der Waals surface area contributed by atoms with Crippen LogP contribution in [0, 0.1) is 12.8 Å². The second-order valence-electron chi connectivity index (χ2n) is 5.89. The van der Waals surface area contributed by atoms with Gasteiger partial charge in [-0.1, -0.05) is 12.1 Å². The largest absolute Gasteiger partial charge is 0.478 e. The van der Waals surface area contributed by atoms with Crippen LogP contribution in [-0.2, 0) is 4.79 Å². The molecule has 1 aliphatic carbocycles. The lowest BCUT2D eigenvalue weighted by Gasteiger charge is -2.14. The number of carboxylic acids is 1. The quantitative estimate of drug-likeness (QED) is 0.788. The number of hydrogen-bond acceptors (Lipinski definition) is 4. The first-order valence-electron chi connectivity index (χ1n) is 7.77. The summed E-state index contributed by atoms with van der Waals surface area (Å²) in [6.07, 6.45) is 7.22. The van der Waals surface area contributed by atoms with Crippen LogP contribution in [0.2, 0.25) is 0 Å². The molecule has 3 rings (SSSR count). The molecule has 1 amide bonds. The lowest BCUT2D eigenvalue weighted by molar-refractivity contribution is -0.117. The number of rotatable bonds is 6. The van der Waals surface area contributed by atoms with E-state index in [9.17, 15) is 9.59 Å². The van der Waals surface area contributed by atoms with Crippen LogP contribution in [0.1, 0.15) is 44.7 Å². The number of carboxylic acid groups (broad SMARTS) is 1. The lowest BCUT2D eigenvalue weighted by atomic mass is 10.1. The third kappa shape index (κ3) is 4.08. The number of benzene rings is 1. The van der Waals surface area contributed by atoms with Crippen molar-refractivity contribution in [2.75, 3.05) is 0 Å². The van der Waals surface area contributed by atoms with Crippen LogP contribution < -0.4 is 5.32 Å². The van der Waals surface area contributed by atoms with Crippen molar-refractivity contribution in [2.45, 2.75) is 25.8 Å². The van der Waals surface area contributed by atoms with Gasteiger partial charge in [-0.25, -0.2) is 9.78 Å². The number of carbonyl (C=O) groups excluding carboxylic acids is 1. The summed E-state index contributed by atoms with van der Waals surface area (Å²) in [5.74, 6) is -0.654. The Balaban J connectivity index is 1.64. The van der Waals surface area contributed by atoms with E-state index in [1.165, 1.54) is 18.2 Å². The SMILES string of the molecule is Cc1cnc([C@H](NC(=O)/C=C/c2ccc(C(=O)O)cc2)C2CC2)s1. The molecule has 1 heterocycles. The number of nitrogens with zero attached hydrogens (tertiary/aromatic N) is 1. The predicted molar refractivity (Wildman–Crippen MR) is 92.9 cm³/mol. The highest BCUT2D eigenvalue weighted by atomic mass is 32.1. The third-order valence-corrected chi connectivity index (χ3v) is 4.88. The normalized spacial score (nSPS) is 15.4. The fourth-order valence-electron chi connectivity index (χ4n) is 2.44. The summed E-state index contributed by atoms with van der Waals surface area (Å²) in [7, 11) is 0. The molecule has 24 heavy (non-hydrogen) atoms. The average molecular weight is 342 g/mol. The number of aryl methyl sites for hydroxylation is 1. The molecule has 2 N–H and O–H groups in total. The van der Waals surface area contributed by atoms with E-state index in [1.54, 1.807) is 29.5 Å². The van der Waals surface area contributed by atoms with Crippen molar-refractivity contribution < 1.29 is 14.7 Å². The highest BCUT2D eigenvalue weighted by Gasteiger charge is 2.34. The van der Waals surface area contributed by atoms with Crippen LogP contribution >= 0.6 is 11.3 Å². The van der Waals surface area contributed by atoms with Crippen molar-refractivity contribution >= 4 is 29.3 Å². The second-order valence-corrected chi connectivity index (χ2v) is 7.16. The minimum absolute atomic E-state index is 0.0183. The first-order chi connectivity index (χ1) is 11.5. The van der Waals surface area contributed by atoms with E-state index in [-0.39, 0.29) is 17.5 Å². The Bertz CT molecular complexity index is 776. The molecule has 1 aromatic heterocycles. The summed E-state index contributed by atoms with van der Waals surface area (Å²) < 4.78 is 0. The summed E-state index contributed by atoms with van der Waals surface area (Å²) in [6, 6.07) is 6.37. The van der Waals surface area contributed by atoms with Gasteiger partial charge in [0.15, 0.2) is 0 Å². The van der Waals surface area contributed by atoms with E-state index in [0.717, 1.165) is 28.3 Å². The molecular formula is C18H18N2O3S. The van der Waals surface area contributed by atoms with Crippen molar-refractivity contribution in [3.63, 3.8) is 0 Å². The molecule has 1 aromatic carbocycles. The van der Waals surface area contributed by atoms with Gasteiger partial charge in [-0.3, -0.25) is 4.79 Å². The third-order valence-electron chi connectivity index (χ3n) is 3.88. The van der Waals surface area contributed by atoms with Crippen molar-refractivity contribution in [2.24, 2.45) is 5.92 Å². The Morgan fingerprint density at radius 3 is 2.58 bits per heavy atom. The molecule has 1 aliphatic rings. The fraction of sp³-hybridized carbons (Fsp3) is 0.278. The van der Waals surface area contributed by atoms with Crippen molar-refractivity contribution in [3.05, 3.63) is 57.6 Å². The molecule has 0 unspecified atom stereocenters. The Morgan fingerprint density at radius 1 is 1.33 bits per heavy atom. The number of aromatic nitrogens is 1. The molecule has 0 saturated heterocycles. The summed E-state index contributed by atoms with van der Waals surface area (Å²) in [4.78, 5) is 28.6. The van der Waals surface area contributed by atoms with Gasteiger partial charge in [-0.05, 0) is 49.5 Å². The maximum atomic E-state index is 12.2. The van der Waals surface area contributed by atoms with E-state index in [1.807, 2.05) is 13.1 Å². The molecule has 1 fully saturated rings. The lowest BCUT2D eigenvalue weighted by Crippen LogP contribution is -2.28. The highest BCUT2D eigenvalue weighted by Crippen LogP contribution is 2.42. The number of nitrogens with one attached hydrogen (secondary N) is 1. The number of carbonyl (C=O) groups is 2. The zero-order chi connectivity index (χ0) is 17.1. The van der Waals surface area contributed by atoms with Crippen LogP contribution in [-0.4, -0.2) is 22.0 Å². The van der Waals surface area contributed by atoms with Crippen LogP contribution in [0.15, 0.2) is 36.5 Å². The molecule has 124 valence electrons. The first-order valence-corrected chi connectivity index (χ1v) is 8.59. The Kier molecular flexibility index (Phi) is 4.76. The molecule has 2 aromatic rings. The number of hydrogen-bond donors (Lipinski definition) is 2. The predicted octanol–water partition coefficient (Wildman–Crippen LogP) is 3.43. The molecule has 0 radical (unpaired) electrons. The number of thiazole rings is 1. The van der Waals surface area contributed by atoms with Crippen molar-refractivity contribution in [1.82, 2.24) is 10.3 Å². The number of aromatic carboxylic acids is 1. The van der Waals surface area contributed by atoms with Crippen LogP contribution in [0.25, 0.3) is 6.08 Å². The average Bonchev–Trinajstić information content (AvgIpc) is 3.32. The smallest absolute Gasteiger partial charge is 0.335 e. The summed E-state index contributed by atoms with van der Waals surface area (Å²) in [5, 5.41) is 12.9. The second kappa shape index (κ2) is 6.97. The van der Waals surface area contributed by atoms with E-state index in [4.69, 9.17) is 5.11 Å². The monoisotopic (exact) mass is 342 g/mol. The molecule has 6 heteroatoms. The zero-order valence-corrected chi connectivity index (χ0v) is 14.0. The van der Waals surface area contributed by atoms with Gasteiger partial charge in [0.05, 0.1) is 11.6 Å². The van der Waals surface area contributed by atoms with Crippen LogP contribution in [0.3, 0.4) is 0 Å². The summed E-state index contributed by atoms with van der Waals surface area (Å²) in [5.41, 5.74) is 1.01. The van der Waals surface area contributed by atoms with Gasteiger partial charge < -0.3 is 10.4 Å². The van der Waals surface area contributed by atoms with Gasteiger partial charge >= 0.3 is 5.97 Å². The van der Waals surface area contributed by atoms with Gasteiger partial charge in [0.1, 0.15) is 5.01 Å². The van der Waals surface area contributed by atoms with Gasteiger partial charge in [-0.2, -0.15) is 0 Å². The van der Waals surface area contributed by atoms with E-state index < -0.39 is 5.97 Å². The standard InChI is InChI=1S/C18H18N2O3S/c1-11-10-19-17(24-11)16(13-7-8-13)20-15(21)9-4-12-2-5-14(6-3-12)18(22)23/h2-6,9-10,13,16H,7-8H2,1H3,(H,20,21)(H,22,23)/b9-4+/t16-/m1/s1. The van der Waals surface area contributed by atoms with E-state index in [0.29, 0.717) is 5.92 Å². The molecule has 0 aliphatic heterocycles. The van der Waals surface area contributed by atoms with Gasteiger partial charge in [0.25, 0.3) is 0 Å². The maximum Gasteiger partial charge on any atom is 0.335 e. The van der Waals surface area contributed by atoms with E-state index in [2.05, 4.69) is 10.3 Å². The van der Waals surface area contributed by atoms with Crippen molar-refractivity contribution in [1.29, 1.82) is 0 Å². The summed E-state index contributed by atoms with van der Waals surface area (Å²) in [6.45, 7) is 2.01. The Hall–Kier alpha value is -2.47. The summed E-state index contributed by atoms with van der Waals surface area (Å²) >= 11 is 1.62. The molecular weight excluding hydrogens is 324 g/mol. The van der Waals surface area contributed by atoms with E-state index >= 15 is 0 Å². The minimum Gasteiger partial charge on any atom is -0.478 e. The Morgan fingerprint density at radius 2 is 2.04 bits per heavy atom. The van der Waals surface area contributed by atoms with Crippen LogP contribution in [0.5, 0.6) is 0 Å². The molecule has 0 spiro atoms. The topological polar surface area (TPSA) is 79.3 Å². The molecule has 1 atom stereocenters. The zero-order valence-electron chi connectivity index (χ0n) is 13.2. The van der Waals surface area contributed by atoms with Crippen LogP contribution in [0.4, 0.5) is 0 Å². The van der Waals surface area contributed by atoms with Gasteiger partial charge in [0, 0.05) is 17.2 Å². The molecule has 1 saturated carbocycles.